The summed E-state index contributed by atoms with van der Waals surface area (Å²) in [4.78, 5) is 10.7. The van der Waals surface area contributed by atoms with Crippen molar-refractivity contribution in [2.24, 2.45) is 5.84 Å². The Bertz CT molecular complexity index is 355. The molecule has 5 heteroatoms. The van der Waals surface area contributed by atoms with E-state index in [1.165, 1.54) is 6.07 Å². The van der Waals surface area contributed by atoms with Gasteiger partial charge in [0.05, 0.1) is 13.0 Å². The van der Waals surface area contributed by atoms with Gasteiger partial charge in [0.2, 0.25) is 5.91 Å². The summed E-state index contributed by atoms with van der Waals surface area (Å²) in [5, 5.41) is 0. The summed E-state index contributed by atoms with van der Waals surface area (Å²) in [7, 11) is 0. The number of aryl methyl sites for hydroxylation is 1. The van der Waals surface area contributed by atoms with Gasteiger partial charge >= 0.3 is 0 Å². The van der Waals surface area contributed by atoms with E-state index in [2.05, 4.69) is 0 Å². The van der Waals surface area contributed by atoms with Crippen molar-refractivity contribution >= 4 is 5.91 Å². The maximum absolute atomic E-state index is 13.4. The molecule has 0 fully saturated rings. The van der Waals surface area contributed by atoms with Gasteiger partial charge in [0.25, 0.3) is 0 Å². The number of rotatable bonds is 4. The Kier molecular flexibility index (Phi) is 4.05. The molecule has 0 aliphatic rings. The van der Waals surface area contributed by atoms with Gasteiger partial charge in [-0.25, -0.2) is 10.2 Å². The van der Waals surface area contributed by atoms with Crippen LogP contribution in [0.25, 0.3) is 0 Å². The van der Waals surface area contributed by atoms with Gasteiger partial charge in [-0.05, 0) is 18.6 Å². The van der Waals surface area contributed by atoms with Crippen LogP contribution in [0, 0.1) is 12.7 Å². The van der Waals surface area contributed by atoms with E-state index in [0.717, 1.165) is 0 Å². The summed E-state index contributed by atoms with van der Waals surface area (Å²) >= 11 is 0. The molecule has 0 radical (unpaired) electrons. The Hall–Kier alpha value is -1.62. The second-order valence-corrected chi connectivity index (χ2v) is 3.05. The van der Waals surface area contributed by atoms with Gasteiger partial charge < -0.3 is 4.74 Å². The van der Waals surface area contributed by atoms with Crippen LogP contribution in [-0.2, 0) is 4.79 Å². The number of carbonyl (C=O) groups is 1. The van der Waals surface area contributed by atoms with Crippen molar-refractivity contribution < 1.29 is 13.9 Å². The second kappa shape index (κ2) is 5.31. The van der Waals surface area contributed by atoms with Crippen molar-refractivity contribution in [3.63, 3.8) is 0 Å². The van der Waals surface area contributed by atoms with Gasteiger partial charge in [0.15, 0.2) is 11.6 Å². The summed E-state index contributed by atoms with van der Waals surface area (Å²) in [5.41, 5.74) is 2.47. The van der Waals surface area contributed by atoms with Gasteiger partial charge in [0.1, 0.15) is 0 Å². The summed E-state index contributed by atoms with van der Waals surface area (Å²) in [5.74, 6) is 4.29. The molecule has 0 aliphatic carbocycles. The number of halogens is 1. The zero-order valence-corrected chi connectivity index (χ0v) is 8.42. The van der Waals surface area contributed by atoms with Crippen LogP contribution in [0.1, 0.15) is 12.0 Å². The molecule has 0 saturated heterocycles. The van der Waals surface area contributed by atoms with E-state index in [1.54, 1.807) is 19.1 Å². The fourth-order valence-electron chi connectivity index (χ4n) is 1.06. The van der Waals surface area contributed by atoms with Gasteiger partial charge in [-0.2, -0.15) is 0 Å². The Labute approximate surface area is 87.2 Å². The molecule has 15 heavy (non-hydrogen) atoms. The molecular weight excluding hydrogens is 199 g/mol. The minimum atomic E-state index is -0.398. The zero-order valence-electron chi connectivity index (χ0n) is 8.42. The average Bonchev–Trinajstić information content (AvgIpc) is 2.24. The molecule has 1 amide bonds. The summed E-state index contributed by atoms with van der Waals surface area (Å²) in [6.07, 6.45) is 0.101. The smallest absolute Gasteiger partial charge is 0.237 e. The van der Waals surface area contributed by atoms with Crippen molar-refractivity contribution in [1.82, 2.24) is 5.43 Å². The van der Waals surface area contributed by atoms with Gasteiger partial charge in [-0.15, -0.1) is 0 Å². The molecular formula is C10H13FN2O2. The minimum Gasteiger partial charge on any atom is -0.490 e. The molecule has 0 unspecified atom stereocenters. The lowest BCUT2D eigenvalue weighted by atomic mass is 10.2. The predicted octanol–water partition coefficient (Wildman–Crippen LogP) is 0.893. The average molecular weight is 212 g/mol. The molecule has 0 spiro atoms. The normalized spacial score (nSPS) is 9.80. The van der Waals surface area contributed by atoms with Crippen molar-refractivity contribution in [1.29, 1.82) is 0 Å². The third-order valence-corrected chi connectivity index (χ3v) is 1.90. The summed E-state index contributed by atoms with van der Waals surface area (Å²) < 4.78 is 18.5. The van der Waals surface area contributed by atoms with Crippen LogP contribution >= 0.6 is 0 Å². The first-order valence-corrected chi connectivity index (χ1v) is 4.52. The molecule has 0 atom stereocenters. The highest BCUT2D eigenvalue weighted by Gasteiger charge is 2.06. The Morgan fingerprint density at radius 2 is 2.33 bits per heavy atom. The van der Waals surface area contributed by atoms with E-state index >= 15 is 0 Å². The van der Waals surface area contributed by atoms with E-state index in [9.17, 15) is 9.18 Å². The summed E-state index contributed by atoms with van der Waals surface area (Å²) in [6, 6.07) is 4.86. The molecule has 1 aromatic rings. The number of benzene rings is 1. The zero-order chi connectivity index (χ0) is 11.3. The number of hydrogen-bond donors (Lipinski definition) is 2. The third kappa shape index (κ3) is 3.21. The SMILES string of the molecule is Cc1cccc(OCCC(=O)NN)c1F. The van der Waals surface area contributed by atoms with E-state index in [1.807, 2.05) is 5.43 Å². The largest absolute Gasteiger partial charge is 0.490 e. The Morgan fingerprint density at radius 1 is 1.60 bits per heavy atom. The molecule has 1 rings (SSSR count). The highest BCUT2D eigenvalue weighted by atomic mass is 19.1. The van der Waals surface area contributed by atoms with Crippen LogP contribution < -0.4 is 16.0 Å². The molecule has 0 aromatic heterocycles. The van der Waals surface area contributed by atoms with Crippen LogP contribution in [0.5, 0.6) is 5.75 Å². The molecule has 82 valence electrons. The molecule has 0 saturated carbocycles. The number of nitrogens with two attached hydrogens (primary N) is 1. The molecule has 3 N–H and O–H groups in total. The standard InChI is InChI=1S/C10H13FN2O2/c1-7-3-2-4-8(10(7)11)15-6-5-9(14)13-12/h2-4H,5-6,12H2,1H3,(H,13,14). The number of hydrogen-bond acceptors (Lipinski definition) is 3. The number of carbonyl (C=O) groups excluding carboxylic acids is 1. The fraction of sp³-hybridized carbons (Fsp3) is 0.300. The highest BCUT2D eigenvalue weighted by Crippen LogP contribution is 2.19. The van der Waals surface area contributed by atoms with Crippen molar-refractivity contribution in [3.05, 3.63) is 29.6 Å². The molecule has 0 aliphatic heterocycles. The predicted molar refractivity (Wildman–Crippen MR) is 53.6 cm³/mol. The van der Waals surface area contributed by atoms with E-state index in [0.29, 0.717) is 5.56 Å². The van der Waals surface area contributed by atoms with Crippen LogP contribution in [-0.4, -0.2) is 12.5 Å². The van der Waals surface area contributed by atoms with E-state index in [-0.39, 0.29) is 24.7 Å². The number of hydrazine groups is 1. The van der Waals surface area contributed by atoms with Crippen molar-refractivity contribution in [3.8, 4) is 5.75 Å². The first kappa shape index (κ1) is 11.5. The maximum atomic E-state index is 13.4. The quantitative estimate of drug-likeness (QED) is 0.442. The molecule has 4 nitrogen and oxygen atoms in total. The van der Waals surface area contributed by atoms with Crippen molar-refractivity contribution in [2.75, 3.05) is 6.61 Å². The van der Waals surface area contributed by atoms with Gasteiger partial charge in [-0.3, -0.25) is 10.2 Å². The van der Waals surface area contributed by atoms with Gasteiger partial charge in [-0.1, -0.05) is 12.1 Å². The van der Waals surface area contributed by atoms with Gasteiger partial charge in [0, 0.05) is 0 Å². The van der Waals surface area contributed by atoms with E-state index < -0.39 is 5.82 Å². The summed E-state index contributed by atoms with van der Waals surface area (Å²) in [6.45, 7) is 1.75. The molecule has 0 bridgehead atoms. The number of amides is 1. The Balaban J connectivity index is 2.51. The van der Waals surface area contributed by atoms with Crippen LogP contribution in [0.2, 0.25) is 0 Å². The lowest BCUT2D eigenvalue weighted by molar-refractivity contribution is -0.121. The topological polar surface area (TPSA) is 64.3 Å². The Morgan fingerprint density at radius 3 is 3.00 bits per heavy atom. The highest BCUT2D eigenvalue weighted by molar-refractivity contribution is 5.75. The van der Waals surface area contributed by atoms with Crippen LogP contribution in [0.3, 0.4) is 0 Å². The fourth-order valence-corrected chi connectivity index (χ4v) is 1.06. The number of ether oxygens (including phenoxy) is 1. The third-order valence-electron chi connectivity index (χ3n) is 1.90. The first-order valence-electron chi connectivity index (χ1n) is 4.52. The number of nitrogens with one attached hydrogen (secondary N) is 1. The van der Waals surface area contributed by atoms with Crippen LogP contribution in [0.4, 0.5) is 4.39 Å². The second-order valence-electron chi connectivity index (χ2n) is 3.05. The lowest BCUT2D eigenvalue weighted by Crippen LogP contribution is -2.31. The van der Waals surface area contributed by atoms with E-state index in [4.69, 9.17) is 10.6 Å². The minimum absolute atomic E-state index is 0.101. The lowest BCUT2D eigenvalue weighted by Gasteiger charge is -2.07. The molecule has 1 aromatic carbocycles. The molecule has 0 heterocycles. The first-order chi connectivity index (χ1) is 7.15. The monoisotopic (exact) mass is 212 g/mol. The maximum Gasteiger partial charge on any atom is 0.237 e. The van der Waals surface area contributed by atoms with Crippen LogP contribution in [0.15, 0.2) is 18.2 Å². The van der Waals surface area contributed by atoms with Crippen molar-refractivity contribution in [2.45, 2.75) is 13.3 Å².